The number of carbonyl (C=O) groups excluding carboxylic acids is 2. The van der Waals surface area contributed by atoms with Gasteiger partial charge < -0.3 is 14.8 Å². The van der Waals surface area contributed by atoms with Gasteiger partial charge in [0.05, 0.1) is 12.0 Å². The molecule has 0 aromatic heterocycles. The van der Waals surface area contributed by atoms with E-state index in [0.717, 1.165) is 17.5 Å². The first kappa shape index (κ1) is 21.8. The van der Waals surface area contributed by atoms with Gasteiger partial charge in [-0.2, -0.15) is 0 Å². The number of hydroxylamine groups is 1. The van der Waals surface area contributed by atoms with Crippen LogP contribution in [0.2, 0.25) is 0 Å². The van der Waals surface area contributed by atoms with Crippen LogP contribution in [0.1, 0.15) is 31.4 Å². The van der Waals surface area contributed by atoms with Gasteiger partial charge in [-0.25, -0.2) is 5.48 Å². The van der Waals surface area contributed by atoms with Gasteiger partial charge in [-0.05, 0) is 54.7 Å². The minimum absolute atomic E-state index is 0.0238. The molecular weight excluding hydrogens is 384 g/mol. The predicted octanol–water partition coefficient (Wildman–Crippen LogP) is 3.70. The van der Waals surface area contributed by atoms with E-state index in [2.05, 4.69) is 5.32 Å². The number of methoxy groups -OCH3 is 1. The Labute approximate surface area is 176 Å². The molecule has 7 heteroatoms. The van der Waals surface area contributed by atoms with Gasteiger partial charge in [0.2, 0.25) is 11.8 Å². The average Bonchev–Trinajstić information content (AvgIpc) is 2.77. The second-order valence-electron chi connectivity index (χ2n) is 7.62. The number of amides is 2. The van der Waals surface area contributed by atoms with E-state index in [1.54, 1.807) is 18.7 Å². The summed E-state index contributed by atoms with van der Waals surface area (Å²) in [7, 11) is 1.57. The van der Waals surface area contributed by atoms with Gasteiger partial charge in [-0.3, -0.25) is 14.8 Å². The van der Waals surface area contributed by atoms with Crippen LogP contribution in [0, 0.1) is 11.8 Å². The van der Waals surface area contributed by atoms with E-state index in [4.69, 9.17) is 14.7 Å². The second kappa shape index (κ2) is 9.73. The van der Waals surface area contributed by atoms with Gasteiger partial charge in [-0.1, -0.05) is 26.0 Å². The first-order chi connectivity index (χ1) is 14.4. The highest BCUT2D eigenvalue weighted by Crippen LogP contribution is 2.32. The molecule has 3 atom stereocenters. The summed E-state index contributed by atoms with van der Waals surface area (Å²) in [5, 5.41) is 11.9. The number of fused-ring (bicyclic) bond motifs is 1. The molecule has 0 aliphatic heterocycles. The van der Waals surface area contributed by atoms with Crippen molar-refractivity contribution in [2.45, 2.75) is 39.2 Å². The van der Waals surface area contributed by atoms with E-state index < -0.39 is 11.8 Å². The molecule has 1 aliphatic rings. The number of hydrogen-bond donors (Lipinski definition) is 3. The van der Waals surface area contributed by atoms with Gasteiger partial charge in [0.25, 0.3) is 0 Å². The van der Waals surface area contributed by atoms with E-state index in [-0.39, 0.29) is 17.9 Å². The Hall–Kier alpha value is -2.90. The topological polar surface area (TPSA) is 96.9 Å². The van der Waals surface area contributed by atoms with Crippen LogP contribution in [0.5, 0.6) is 11.5 Å². The molecule has 2 amide bonds. The van der Waals surface area contributed by atoms with Crippen LogP contribution < -0.4 is 15.5 Å². The summed E-state index contributed by atoms with van der Waals surface area (Å²) in [6.45, 7) is 3.87. The molecule has 3 rings (SSSR count). The van der Waals surface area contributed by atoms with E-state index in [1.807, 2.05) is 50.2 Å². The number of ether oxygens (including phenoxy) is 2. The maximum atomic E-state index is 12.1. The zero-order valence-electron chi connectivity index (χ0n) is 17.5. The van der Waals surface area contributed by atoms with E-state index in [9.17, 15) is 9.59 Å². The lowest BCUT2D eigenvalue weighted by Gasteiger charge is -2.30. The molecule has 7 nitrogen and oxygen atoms in total. The van der Waals surface area contributed by atoms with Crippen LogP contribution in [-0.2, 0) is 27.2 Å². The Morgan fingerprint density at radius 2 is 1.90 bits per heavy atom. The molecule has 0 saturated carbocycles. The number of rotatable bonds is 7. The highest BCUT2D eigenvalue weighted by atomic mass is 16.5. The number of benzene rings is 2. The van der Waals surface area contributed by atoms with Gasteiger partial charge in [0.15, 0.2) is 0 Å². The molecule has 30 heavy (non-hydrogen) atoms. The fourth-order valence-electron chi connectivity index (χ4n) is 3.60. The van der Waals surface area contributed by atoms with Gasteiger partial charge in [0, 0.05) is 24.8 Å². The second-order valence-corrected chi connectivity index (χ2v) is 7.62. The standard InChI is InChI=1S/C23H28N2O5/c1-4-14(2)22(26)24-17-6-5-7-18(13-17)30-19-9-8-15-12-21(29-3)20(23(27)25-28)11-16(15)10-19/h5-10,13-14,20-21,28H,4,11-12H2,1-3H3,(H,24,26)(H,25,27). The summed E-state index contributed by atoms with van der Waals surface area (Å²) in [4.78, 5) is 24.1. The zero-order chi connectivity index (χ0) is 21.7. The lowest BCUT2D eigenvalue weighted by molar-refractivity contribution is -0.138. The number of carbonyl (C=O) groups is 2. The van der Waals surface area contributed by atoms with Crippen molar-refractivity contribution in [2.75, 3.05) is 12.4 Å². The van der Waals surface area contributed by atoms with E-state index in [0.29, 0.717) is 30.0 Å². The average molecular weight is 412 g/mol. The Morgan fingerprint density at radius 3 is 2.60 bits per heavy atom. The highest BCUT2D eigenvalue weighted by Gasteiger charge is 2.33. The molecule has 1 aliphatic carbocycles. The van der Waals surface area contributed by atoms with Crippen molar-refractivity contribution in [1.82, 2.24) is 5.48 Å². The van der Waals surface area contributed by atoms with Crippen molar-refractivity contribution < 1.29 is 24.3 Å². The Bertz CT molecular complexity index is 914. The molecule has 0 radical (unpaired) electrons. The van der Waals surface area contributed by atoms with Crippen molar-refractivity contribution in [3.8, 4) is 11.5 Å². The molecule has 0 heterocycles. The van der Waals surface area contributed by atoms with E-state index in [1.165, 1.54) is 0 Å². The Morgan fingerprint density at radius 1 is 1.13 bits per heavy atom. The maximum Gasteiger partial charge on any atom is 0.249 e. The third-order valence-electron chi connectivity index (χ3n) is 5.63. The van der Waals surface area contributed by atoms with Crippen molar-refractivity contribution in [1.29, 1.82) is 0 Å². The van der Waals surface area contributed by atoms with Crippen LogP contribution in [-0.4, -0.2) is 30.2 Å². The molecule has 160 valence electrons. The quantitative estimate of drug-likeness (QED) is 0.476. The molecule has 2 aromatic carbocycles. The zero-order valence-corrected chi connectivity index (χ0v) is 17.5. The molecule has 0 spiro atoms. The number of nitrogens with one attached hydrogen (secondary N) is 2. The van der Waals surface area contributed by atoms with Crippen LogP contribution in [0.25, 0.3) is 0 Å². The van der Waals surface area contributed by atoms with Crippen LogP contribution in [0.15, 0.2) is 42.5 Å². The molecule has 2 aromatic rings. The fraction of sp³-hybridized carbons (Fsp3) is 0.391. The lowest BCUT2D eigenvalue weighted by atomic mass is 9.81. The summed E-state index contributed by atoms with van der Waals surface area (Å²) in [5.41, 5.74) is 4.48. The number of hydrogen-bond acceptors (Lipinski definition) is 5. The molecule has 0 bridgehead atoms. The molecule has 0 saturated heterocycles. The van der Waals surface area contributed by atoms with Gasteiger partial charge >= 0.3 is 0 Å². The van der Waals surface area contributed by atoms with Crippen molar-refractivity contribution in [3.63, 3.8) is 0 Å². The minimum atomic E-state index is -0.471. The summed E-state index contributed by atoms with van der Waals surface area (Å²) in [6, 6.07) is 13.0. The smallest absolute Gasteiger partial charge is 0.249 e. The fourth-order valence-corrected chi connectivity index (χ4v) is 3.60. The lowest BCUT2D eigenvalue weighted by Crippen LogP contribution is -2.42. The summed E-state index contributed by atoms with van der Waals surface area (Å²) in [6.07, 6.45) is 1.52. The van der Waals surface area contributed by atoms with Crippen LogP contribution >= 0.6 is 0 Å². The van der Waals surface area contributed by atoms with Gasteiger partial charge in [0.1, 0.15) is 11.5 Å². The highest BCUT2D eigenvalue weighted by molar-refractivity contribution is 5.92. The Balaban J connectivity index is 1.75. The summed E-state index contributed by atoms with van der Waals surface area (Å²) < 4.78 is 11.4. The third kappa shape index (κ3) is 4.98. The summed E-state index contributed by atoms with van der Waals surface area (Å²) in [5.74, 6) is 0.232. The molecular formula is C23H28N2O5. The first-order valence-electron chi connectivity index (χ1n) is 10.1. The predicted molar refractivity (Wildman–Crippen MR) is 113 cm³/mol. The maximum absolute atomic E-state index is 12.1. The monoisotopic (exact) mass is 412 g/mol. The van der Waals surface area contributed by atoms with Crippen LogP contribution in [0.4, 0.5) is 5.69 Å². The largest absolute Gasteiger partial charge is 0.457 e. The number of anilines is 1. The molecule has 0 fully saturated rings. The first-order valence-corrected chi connectivity index (χ1v) is 10.1. The van der Waals surface area contributed by atoms with Crippen LogP contribution in [0.3, 0.4) is 0 Å². The van der Waals surface area contributed by atoms with Gasteiger partial charge in [-0.15, -0.1) is 0 Å². The van der Waals surface area contributed by atoms with Crippen molar-refractivity contribution >= 4 is 17.5 Å². The van der Waals surface area contributed by atoms with Crippen molar-refractivity contribution in [3.05, 3.63) is 53.6 Å². The van der Waals surface area contributed by atoms with E-state index >= 15 is 0 Å². The molecule has 3 unspecified atom stereocenters. The third-order valence-corrected chi connectivity index (χ3v) is 5.63. The summed E-state index contributed by atoms with van der Waals surface area (Å²) >= 11 is 0. The Kier molecular flexibility index (Phi) is 7.07. The van der Waals surface area contributed by atoms with Crippen molar-refractivity contribution in [2.24, 2.45) is 11.8 Å². The minimum Gasteiger partial charge on any atom is -0.457 e. The SMILES string of the molecule is CCC(C)C(=O)Nc1cccc(Oc2ccc3c(c2)CC(C(=O)NO)C(OC)C3)c1. The normalized spacial score (nSPS) is 18.8. The molecule has 3 N–H and O–H groups in total.